The molecule has 0 unspecified atom stereocenters. The summed E-state index contributed by atoms with van der Waals surface area (Å²) in [6.45, 7) is 1.43. The summed E-state index contributed by atoms with van der Waals surface area (Å²) in [6, 6.07) is 4.20. The predicted molar refractivity (Wildman–Crippen MR) is 54.1 cm³/mol. The summed E-state index contributed by atoms with van der Waals surface area (Å²) >= 11 is 5.69. The quantitative estimate of drug-likeness (QED) is 0.785. The van der Waals surface area contributed by atoms with E-state index in [1.165, 1.54) is 13.0 Å². The van der Waals surface area contributed by atoms with Crippen LogP contribution in [0.5, 0.6) is 0 Å². The second kappa shape index (κ2) is 4.76. The van der Waals surface area contributed by atoms with Gasteiger partial charge in [0.2, 0.25) is 0 Å². The van der Waals surface area contributed by atoms with Crippen LogP contribution in [-0.4, -0.2) is 12.5 Å². The second-order valence-electron chi connectivity index (χ2n) is 2.92. The fourth-order valence-corrected chi connectivity index (χ4v) is 1.28. The van der Waals surface area contributed by atoms with Crippen molar-refractivity contribution < 1.29 is 9.18 Å². The molecule has 0 fully saturated rings. The molecule has 1 amide bonds. The largest absolute Gasteiger partial charge is 0.339 e. The van der Waals surface area contributed by atoms with Crippen LogP contribution in [0.15, 0.2) is 12.1 Å². The van der Waals surface area contributed by atoms with E-state index in [4.69, 9.17) is 16.9 Å². The zero-order valence-corrected chi connectivity index (χ0v) is 8.73. The van der Waals surface area contributed by atoms with Crippen molar-refractivity contribution in [2.24, 2.45) is 0 Å². The zero-order chi connectivity index (χ0) is 11.4. The molecule has 0 aromatic heterocycles. The topological polar surface area (TPSA) is 52.9 Å². The second-order valence-corrected chi connectivity index (χ2v) is 3.33. The summed E-state index contributed by atoms with van der Waals surface area (Å²) in [5, 5.41) is 10.6. The maximum absolute atomic E-state index is 13.0. The van der Waals surface area contributed by atoms with Crippen LogP contribution >= 0.6 is 11.6 Å². The minimum Gasteiger partial charge on any atom is -0.339 e. The third-order valence-corrected chi connectivity index (χ3v) is 2.13. The van der Waals surface area contributed by atoms with E-state index >= 15 is 0 Å². The molecule has 0 heterocycles. The molecular weight excluding hydrogens is 219 g/mol. The highest BCUT2D eigenvalue weighted by Crippen LogP contribution is 2.20. The molecule has 0 bridgehead atoms. The molecule has 1 aromatic carbocycles. The molecule has 15 heavy (non-hydrogen) atoms. The summed E-state index contributed by atoms with van der Waals surface area (Å²) < 4.78 is 13.0. The van der Waals surface area contributed by atoms with Crippen molar-refractivity contribution >= 4 is 17.5 Å². The van der Waals surface area contributed by atoms with Gasteiger partial charge in [-0.15, -0.1) is 0 Å². The van der Waals surface area contributed by atoms with Gasteiger partial charge in [-0.3, -0.25) is 4.79 Å². The molecule has 0 saturated heterocycles. The highest BCUT2D eigenvalue weighted by atomic mass is 35.5. The Morgan fingerprint density at radius 1 is 1.67 bits per heavy atom. The van der Waals surface area contributed by atoms with Gasteiger partial charge in [0.05, 0.1) is 16.7 Å². The number of hydrogen-bond acceptors (Lipinski definition) is 2. The van der Waals surface area contributed by atoms with Crippen LogP contribution in [0.2, 0.25) is 5.02 Å². The minimum atomic E-state index is -0.482. The zero-order valence-electron chi connectivity index (χ0n) is 7.97. The number of amides is 1. The summed E-state index contributed by atoms with van der Waals surface area (Å²) in [5.74, 6) is -0.943. The first-order valence-electron chi connectivity index (χ1n) is 4.17. The number of halogens is 2. The van der Waals surface area contributed by atoms with Crippen molar-refractivity contribution in [2.45, 2.75) is 6.92 Å². The van der Waals surface area contributed by atoms with E-state index in [1.807, 2.05) is 0 Å². The molecule has 0 spiro atoms. The molecule has 1 aromatic rings. The Morgan fingerprint density at radius 2 is 2.33 bits per heavy atom. The van der Waals surface area contributed by atoms with E-state index in [0.29, 0.717) is 5.56 Å². The lowest BCUT2D eigenvalue weighted by Gasteiger charge is -2.05. The van der Waals surface area contributed by atoms with Crippen molar-refractivity contribution in [3.63, 3.8) is 0 Å². The van der Waals surface area contributed by atoms with Crippen molar-refractivity contribution in [3.05, 3.63) is 34.1 Å². The Balaban J connectivity index is 3.00. The van der Waals surface area contributed by atoms with Crippen LogP contribution in [0.4, 0.5) is 4.39 Å². The van der Waals surface area contributed by atoms with Crippen molar-refractivity contribution in [1.29, 1.82) is 5.26 Å². The first-order chi connectivity index (χ1) is 7.06. The lowest BCUT2D eigenvalue weighted by atomic mass is 10.1. The van der Waals surface area contributed by atoms with Gasteiger partial charge in [-0.2, -0.15) is 5.26 Å². The van der Waals surface area contributed by atoms with E-state index in [0.717, 1.165) is 6.07 Å². The van der Waals surface area contributed by atoms with Crippen molar-refractivity contribution in [2.75, 3.05) is 6.54 Å². The smallest absolute Gasteiger partial charge is 0.253 e. The molecule has 0 aliphatic heterocycles. The lowest BCUT2D eigenvalue weighted by Crippen LogP contribution is -2.24. The standard InChI is InChI=1S/C10H8ClFN2O/c1-6-4-7(8(11)5-9(6)12)10(15)14-3-2-13/h4-5H,3H2,1H3,(H,14,15). The summed E-state index contributed by atoms with van der Waals surface area (Å²) in [4.78, 5) is 11.4. The van der Waals surface area contributed by atoms with Crippen LogP contribution in [0, 0.1) is 24.1 Å². The van der Waals surface area contributed by atoms with Gasteiger partial charge in [0, 0.05) is 0 Å². The molecule has 5 heteroatoms. The normalized spacial score (nSPS) is 9.47. The molecule has 0 saturated carbocycles. The number of hydrogen-bond donors (Lipinski definition) is 1. The van der Waals surface area contributed by atoms with Gasteiger partial charge in [0.1, 0.15) is 12.4 Å². The fourth-order valence-electron chi connectivity index (χ4n) is 1.05. The highest BCUT2D eigenvalue weighted by Gasteiger charge is 2.12. The van der Waals surface area contributed by atoms with Gasteiger partial charge in [0.25, 0.3) is 5.91 Å². The first-order valence-corrected chi connectivity index (χ1v) is 4.55. The van der Waals surface area contributed by atoms with Crippen LogP contribution < -0.4 is 5.32 Å². The SMILES string of the molecule is Cc1cc(C(=O)NCC#N)c(Cl)cc1F. The molecule has 78 valence electrons. The number of aryl methyl sites for hydroxylation is 1. The number of benzene rings is 1. The monoisotopic (exact) mass is 226 g/mol. The van der Waals surface area contributed by atoms with E-state index in [2.05, 4.69) is 5.32 Å². The molecule has 1 N–H and O–H groups in total. The third kappa shape index (κ3) is 2.67. The predicted octanol–water partition coefficient (Wildman–Crippen LogP) is 2.04. The Bertz CT molecular complexity index is 440. The number of nitrogens with zero attached hydrogens (tertiary/aromatic N) is 1. The van der Waals surface area contributed by atoms with Gasteiger partial charge in [0.15, 0.2) is 0 Å². The maximum Gasteiger partial charge on any atom is 0.253 e. The van der Waals surface area contributed by atoms with Crippen LogP contribution in [0.3, 0.4) is 0 Å². The Morgan fingerprint density at radius 3 is 2.93 bits per heavy atom. The Hall–Kier alpha value is -1.60. The van der Waals surface area contributed by atoms with E-state index in [1.54, 1.807) is 6.07 Å². The van der Waals surface area contributed by atoms with Gasteiger partial charge in [-0.25, -0.2) is 4.39 Å². The van der Waals surface area contributed by atoms with Gasteiger partial charge in [-0.1, -0.05) is 11.6 Å². The van der Waals surface area contributed by atoms with Gasteiger partial charge < -0.3 is 5.32 Å². The van der Waals surface area contributed by atoms with E-state index in [9.17, 15) is 9.18 Å². The fraction of sp³-hybridized carbons (Fsp3) is 0.200. The average molecular weight is 227 g/mol. The van der Waals surface area contributed by atoms with Gasteiger partial charge >= 0.3 is 0 Å². The third-order valence-electron chi connectivity index (χ3n) is 1.82. The van der Waals surface area contributed by atoms with E-state index < -0.39 is 11.7 Å². The molecule has 3 nitrogen and oxygen atoms in total. The highest BCUT2D eigenvalue weighted by molar-refractivity contribution is 6.33. The molecule has 0 aliphatic carbocycles. The van der Waals surface area contributed by atoms with E-state index in [-0.39, 0.29) is 17.1 Å². The van der Waals surface area contributed by atoms with Crippen LogP contribution in [0.25, 0.3) is 0 Å². The first kappa shape index (κ1) is 11.5. The average Bonchev–Trinajstić information content (AvgIpc) is 2.20. The number of carbonyl (C=O) groups excluding carboxylic acids is 1. The maximum atomic E-state index is 13.0. The summed E-state index contributed by atoms with van der Waals surface area (Å²) in [7, 11) is 0. The number of nitrogens with one attached hydrogen (secondary N) is 1. The number of carbonyl (C=O) groups is 1. The number of rotatable bonds is 2. The van der Waals surface area contributed by atoms with Gasteiger partial charge in [-0.05, 0) is 24.6 Å². The van der Waals surface area contributed by atoms with Crippen molar-refractivity contribution in [1.82, 2.24) is 5.32 Å². The van der Waals surface area contributed by atoms with Crippen LogP contribution in [-0.2, 0) is 0 Å². The minimum absolute atomic E-state index is 0.0357. The Labute approximate surface area is 91.5 Å². The molecule has 0 atom stereocenters. The summed E-state index contributed by atoms with van der Waals surface area (Å²) in [5.41, 5.74) is 0.507. The summed E-state index contributed by atoms with van der Waals surface area (Å²) in [6.07, 6.45) is 0. The van der Waals surface area contributed by atoms with Crippen LogP contribution in [0.1, 0.15) is 15.9 Å². The molecule has 0 aliphatic rings. The molecule has 1 rings (SSSR count). The Kier molecular flexibility index (Phi) is 3.64. The van der Waals surface area contributed by atoms with Crippen molar-refractivity contribution in [3.8, 4) is 6.07 Å². The number of nitriles is 1. The lowest BCUT2D eigenvalue weighted by molar-refractivity contribution is 0.0958. The molecular formula is C10H8ClFN2O. The molecule has 0 radical (unpaired) electrons.